The van der Waals surface area contributed by atoms with Crippen molar-refractivity contribution in [2.45, 2.75) is 51.9 Å². The minimum atomic E-state index is -1.78. The summed E-state index contributed by atoms with van der Waals surface area (Å²) in [5.74, 6) is 1.82. The van der Waals surface area contributed by atoms with E-state index in [0.29, 0.717) is 4.48 Å². The number of halogens is 1. The van der Waals surface area contributed by atoms with Crippen LogP contribution in [0.4, 0.5) is 0 Å². The Labute approximate surface area is 96.0 Å². The van der Waals surface area contributed by atoms with E-state index in [2.05, 4.69) is 49.8 Å². The van der Waals surface area contributed by atoms with Gasteiger partial charge in [0.25, 0.3) is 0 Å². The zero-order valence-electron chi connectivity index (χ0n) is 9.77. The van der Waals surface area contributed by atoms with E-state index in [-0.39, 0.29) is 11.1 Å². The fourth-order valence-corrected chi connectivity index (χ4v) is 2.37. The molecule has 0 spiro atoms. The molecule has 0 fully saturated rings. The molecule has 4 heteroatoms. The molecule has 2 nitrogen and oxygen atoms in total. The summed E-state index contributed by atoms with van der Waals surface area (Å²) in [5.41, 5.74) is 0. The van der Waals surface area contributed by atoms with Crippen molar-refractivity contribution < 1.29 is 9.22 Å². The van der Waals surface area contributed by atoms with E-state index in [1.54, 1.807) is 0 Å². The van der Waals surface area contributed by atoms with Crippen LogP contribution in [0.25, 0.3) is 0 Å². The smallest absolute Gasteiger partial charge is 0.192 e. The van der Waals surface area contributed by atoms with E-state index in [9.17, 15) is 4.79 Å². The second-order valence-corrected chi connectivity index (χ2v) is 10.6. The first-order valence-electron chi connectivity index (χ1n) is 4.70. The summed E-state index contributed by atoms with van der Waals surface area (Å²) < 4.78 is 6.41. The van der Waals surface area contributed by atoms with E-state index in [1.165, 1.54) is 0 Å². The maximum absolute atomic E-state index is 10.4. The van der Waals surface area contributed by atoms with Gasteiger partial charge in [0.15, 0.2) is 8.32 Å². The molecule has 0 aromatic rings. The van der Waals surface area contributed by atoms with Gasteiger partial charge in [0, 0.05) is 0 Å². The van der Waals surface area contributed by atoms with Gasteiger partial charge in [-0.15, -0.1) is 0 Å². The summed E-state index contributed by atoms with van der Waals surface area (Å²) in [5, 5.41) is 0.164. The molecule has 0 radical (unpaired) electrons. The SMILES string of the molecule is C[C@@H](O[Si](C)(C)C(C)(C)C)C(Br)=C=O. The molecule has 0 aliphatic rings. The lowest BCUT2D eigenvalue weighted by Gasteiger charge is -2.38. The van der Waals surface area contributed by atoms with Crippen LogP contribution in [0.3, 0.4) is 0 Å². The quantitative estimate of drug-likeness (QED) is 0.583. The Bertz CT molecular complexity index is 249. The standard InChI is InChI=1S/C10H19BrO2Si/c1-8(9(11)7-12)13-14(5,6)10(2,3)4/h8H,1-6H3/t8-/m1/s1. The molecule has 0 aromatic carbocycles. The van der Waals surface area contributed by atoms with Gasteiger partial charge in [-0.3, -0.25) is 0 Å². The summed E-state index contributed by atoms with van der Waals surface area (Å²) >= 11 is 3.15. The number of carbonyl (C=O) groups excluding carboxylic acids is 1. The van der Waals surface area contributed by atoms with E-state index in [1.807, 2.05) is 12.9 Å². The van der Waals surface area contributed by atoms with Crippen molar-refractivity contribution in [2.75, 3.05) is 0 Å². The highest BCUT2D eigenvalue weighted by atomic mass is 79.9. The first-order valence-corrected chi connectivity index (χ1v) is 8.40. The van der Waals surface area contributed by atoms with Crippen molar-refractivity contribution in [3.8, 4) is 0 Å². The number of hydrogen-bond donors (Lipinski definition) is 0. The van der Waals surface area contributed by atoms with Crippen LogP contribution in [0, 0.1) is 0 Å². The lowest BCUT2D eigenvalue weighted by molar-refractivity contribution is 0.241. The normalized spacial score (nSPS) is 14.8. The third-order valence-corrected chi connectivity index (χ3v) is 8.09. The monoisotopic (exact) mass is 278 g/mol. The summed E-state index contributed by atoms with van der Waals surface area (Å²) in [6.07, 6.45) is -0.187. The van der Waals surface area contributed by atoms with Crippen molar-refractivity contribution in [1.29, 1.82) is 0 Å². The molecular formula is C10H19BrO2Si. The van der Waals surface area contributed by atoms with Gasteiger partial charge in [-0.1, -0.05) is 20.8 Å². The minimum Gasteiger partial charge on any atom is -0.409 e. The van der Waals surface area contributed by atoms with Crippen LogP contribution in [0.15, 0.2) is 4.48 Å². The number of hydrogen-bond acceptors (Lipinski definition) is 2. The highest BCUT2D eigenvalue weighted by Gasteiger charge is 2.38. The summed E-state index contributed by atoms with van der Waals surface area (Å²) in [6, 6.07) is 0. The van der Waals surface area contributed by atoms with Crippen LogP contribution in [0.5, 0.6) is 0 Å². The average Bonchev–Trinajstić information content (AvgIpc) is 2.00. The summed E-state index contributed by atoms with van der Waals surface area (Å²) in [4.78, 5) is 10.4. The maximum Gasteiger partial charge on any atom is 0.192 e. The molecule has 0 N–H and O–H groups in total. The molecule has 0 aliphatic carbocycles. The molecule has 0 saturated heterocycles. The van der Waals surface area contributed by atoms with Crippen LogP contribution in [-0.2, 0) is 9.22 Å². The van der Waals surface area contributed by atoms with Gasteiger partial charge in [-0.2, -0.15) is 0 Å². The van der Waals surface area contributed by atoms with Gasteiger partial charge in [0.05, 0.1) is 6.10 Å². The van der Waals surface area contributed by atoms with Crippen LogP contribution >= 0.6 is 15.9 Å². The zero-order valence-corrected chi connectivity index (χ0v) is 12.4. The molecule has 0 aromatic heterocycles. The molecular weight excluding hydrogens is 260 g/mol. The summed E-state index contributed by atoms with van der Waals surface area (Å²) in [6.45, 7) is 12.7. The Hall–Kier alpha value is 0.107. The predicted octanol–water partition coefficient (Wildman–Crippen LogP) is 3.51. The van der Waals surface area contributed by atoms with E-state index in [0.717, 1.165) is 0 Å². The Morgan fingerprint density at radius 1 is 1.43 bits per heavy atom. The van der Waals surface area contributed by atoms with Gasteiger partial charge in [0.2, 0.25) is 0 Å². The molecule has 0 saturated carbocycles. The van der Waals surface area contributed by atoms with Gasteiger partial charge >= 0.3 is 0 Å². The van der Waals surface area contributed by atoms with E-state index >= 15 is 0 Å². The molecule has 0 rings (SSSR count). The highest BCUT2D eigenvalue weighted by molar-refractivity contribution is 9.12. The topological polar surface area (TPSA) is 26.3 Å². The van der Waals surface area contributed by atoms with Crippen molar-refractivity contribution in [1.82, 2.24) is 0 Å². The maximum atomic E-state index is 10.4. The molecule has 14 heavy (non-hydrogen) atoms. The van der Waals surface area contributed by atoms with Gasteiger partial charge in [-0.05, 0) is 41.0 Å². The van der Waals surface area contributed by atoms with Crippen molar-refractivity contribution in [3.05, 3.63) is 4.48 Å². The Morgan fingerprint density at radius 2 is 1.86 bits per heavy atom. The Kier molecular flexibility index (Phi) is 4.79. The fourth-order valence-electron chi connectivity index (χ4n) is 0.753. The zero-order chi connectivity index (χ0) is 11.6. The summed E-state index contributed by atoms with van der Waals surface area (Å²) in [7, 11) is -1.78. The van der Waals surface area contributed by atoms with Crippen molar-refractivity contribution in [3.63, 3.8) is 0 Å². The minimum absolute atomic E-state index is 0.164. The fraction of sp³-hybridized carbons (Fsp3) is 0.800. The highest BCUT2D eigenvalue weighted by Crippen LogP contribution is 2.38. The predicted molar refractivity (Wildman–Crippen MR) is 65.9 cm³/mol. The molecule has 0 bridgehead atoms. The number of rotatable bonds is 3. The van der Waals surface area contributed by atoms with Gasteiger partial charge in [-0.25, -0.2) is 4.79 Å². The van der Waals surface area contributed by atoms with E-state index < -0.39 is 8.32 Å². The second kappa shape index (κ2) is 4.75. The van der Waals surface area contributed by atoms with Crippen molar-refractivity contribution >= 4 is 30.2 Å². The van der Waals surface area contributed by atoms with Crippen LogP contribution in [-0.4, -0.2) is 20.4 Å². The van der Waals surface area contributed by atoms with Gasteiger partial charge in [0.1, 0.15) is 10.4 Å². The molecule has 0 heterocycles. The molecule has 0 aliphatic heterocycles. The Balaban J connectivity index is 4.60. The third-order valence-electron chi connectivity index (χ3n) is 2.73. The molecule has 1 atom stereocenters. The molecule has 82 valence electrons. The van der Waals surface area contributed by atoms with Gasteiger partial charge < -0.3 is 4.43 Å². The molecule has 0 amide bonds. The average molecular weight is 279 g/mol. The van der Waals surface area contributed by atoms with Crippen LogP contribution < -0.4 is 0 Å². The lowest BCUT2D eigenvalue weighted by atomic mass is 10.2. The van der Waals surface area contributed by atoms with E-state index in [4.69, 9.17) is 4.43 Å². The van der Waals surface area contributed by atoms with Crippen LogP contribution in [0.2, 0.25) is 18.1 Å². The van der Waals surface area contributed by atoms with Crippen LogP contribution in [0.1, 0.15) is 27.7 Å². The first kappa shape index (κ1) is 14.1. The lowest BCUT2D eigenvalue weighted by Crippen LogP contribution is -2.43. The second-order valence-electron chi connectivity index (χ2n) is 4.97. The molecule has 0 unspecified atom stereocenters. The first-order chi connectivity index (χ1) is 6.12. The van der Waals surface area contributed by atoms with Crippen molar-refractivity contribution in [2.24, 2.45) is 0 Å². The Morgan fingerprint density at radius 3 is 2.14 bits per heavy atom. The third kappa shape index (κ3) is 3.69. The largest absolute Gasteiger partial charge is 0.409 e.